The van der Waals surface area contributed by atoms with Crippen LogP contribution < -0.4 is 0 Å². The van der Waals surface area contributed by atoms with Gasteiger partial charge in [-0.25, -0.2) is 0 Å². The van der Waals surface area contributed by atoms with E-state index in [0.29, 0.717) is 12.5 Å². The van der Waals surface area contributed by atoms with Gasteiger partial charge in [0.05, 0.1) is 25.7 Å². The zero-order valence-corrected chi connectivity index (χ0v) is 7.71. The second-order valence-electron chi connectivity index (χ2n) is 3.28. The predicted octanol–water partition coefficient (Wildman–Crippen LogP) is 1.51. The third-order valence-electron chi connectivity index (χ3n) is 2.18. The molecule has 12 heavy (non-hydrogen) atoms. The molecule has 1 fully saturated rings. The summed E-state index contributed by atoms with van der Waals surface area (Å²) in [7, 11) is 1.41. The monoisotopic (exact) mass is 172 g/mol. The SMILES string of the molecule is COC(=O)CC1CCCC(C)O1. The number of ether oxygens (including phenoxy) is 2. The van der Waals surface area contributed by atoms with Gasteiger partial charge in [-0.05, 0) is 26.2 Å². The molecule has 0 saturated carbocycles. The molecule has 70 valence electrons. The normalized spacial score (nSPS) is 29.8. The summed E-state index contributed by atoms with van der Waals surface area (Å²) in [5.74, 6) is -0.172. The molecule has 0 aromatic carbocycles. The zero-order valence-electron chi connectivity index (χ0n) is 7.71. The van der Waals surface area contributed by atoms with E-state index in [1.807, 2.05) is 6.92 Å². The highest BCUT2D eigenvalue weighted by Crippen LogP contribution is 2.20. The molecule has 3 nitrogen and oxygen atoms in total. The lowest BCUT2D eigenvalue weighted by atomic mass is 10.0. The molecule has 1 heterocycles. The van der Waals surface area contributed by atoms with Crippen molar-refractivity contribution in [1.82, 2.24) is 0 Å². The summed E-state index contributed by atoms with van der Waals surface area (Å²) in [6, 6.07) is 0. The smallest absolute Gasteiger partial charge is 0.308 e. The van der Waals surface area contributed by atoms with Gasteiger partial charge in [-0.2, -0.15) is 0 Å². The number of hydrogen-bond donors (Lipinski definition) is 0. The van der Waals surface area contributed by atoms with E-state index in [4.69, 9.17) is 4.74 Å². The third-order valence-corrected chi connectivity index (χ3v) is 2.18. The van der Waals surface area contributed by atoms with E-state index in [2.05, 4.69) is 4.74 Å². The van der Waals surface area contributed by atoms with Crippen molar-refractivity contribution in [1.29, 1.82) is 0 Å². The lowest BCUT2D eigenvalue weighted by molar-refractivity contribution is -0.146. The van der Waals surface area contributed by atoms with Crippen LogP contribution in [-0.2, 0) is 14.3 Å². The Kier molecular flexibility index (Phi) is 3.53. The van der Waals surface area contributed by atoms with E-state index in [1.165, 1.54) is 7.11 Å². The molecule has 1 rings (SSSR count). The van der Waals surface area contributed by atoms with Gasteiger partial charge in [0.2, 0.25) is 0 Å². The molecule has 0 aromatic heterocycles. The molecule has 0 N–H and O–H groups in total. The largest absolute Gasteiger partial charge is 0.469 e. The Morgan fingerprint density at radius 2 is 2.33 bits per heavy atom. The minimum absolute atomic E-state index is 0.0844. The van der Waals surface area contributed by atoms with Crippen molar-refractivity contribution in [3.63, 3.8) is 0 Å². The maximum absolute atomic E-state index is 10.9. The second kappa shape index (κ2) is 4.45. The Hall–Kier alpha value is -0.570. The van der Waals surface area contributed by atoms with Crippen LogP contribution in [0.5, 0.6) is 0 Å². The van der Waals surface area contributed by atoms with Gasteiger partial charge in [-0.1, -0.05) is 0 Å². The molecular formula is C9H16O3. The molecule has 0 amide bonds. The first-order valence-corrected chi connectivity index (χ1v) is 4.44. The van der Waals surface area contributed by atoms with Crippen molar-refractivity contribution >= 4 is 5.97 Å². The van der Waals surface area contributed by atoms with Gasteiger partial charge in [0.25, 0.3) is 0 Å². The summed E-state index contributed by atoms with van der Waals surface area (Å²) in [5, 5.41) is 0. The zero-order chi connectivity index (χ0) is 8.97. The number of methoxy groups -OCH3 is 1. The van der Waals surface area contributed by atoms with Crippen molar-refractivity contribution in [3.8, 4) is 0 Å². The van der Waals surface area contributed by atoms with E-state index in [-0.39, 0.29) is 12.1 Å². The van der Waals surface area contributed by atoms with Gasteiger partial charge in [0.15, 0.2) is 0 Å². The fraction of sp³-hybridized carbons (Fsp3) is 0.889. The molecule has 0 bridgehead atoms. The summed E-state index contributed by atoms with van der Waals surface area (Å²) < 4.78 is 10.1. The first-order valence-electron chi connectivity index (χ1n) is 4.44. The van der Waals surface area contributed by atoms with Crippen LogP contribution in [-0.4, -0.2) is 25.3 Å². The Morgan fingerprint density at radius 1 is 1.58 bits per heavy atom. The Morgan fingerprint density at radius 3 is 2.92 bits per heavy atom. The molecule has 2 atom stereocenters. The number of esters is 1. The van der Waals surface area contributed by atoms with Gasteiger partial charge in [-0.3, -0.25) is 4.79 Å². The van der Waals surface area contributed by atoms with E-state index in [1.54, 1.807) is 0 Å². The van der Waals surface area contributed by atoms with Crippen molar-refractivity contribution in [2.75, 3.05) is 7.11 Å². The topological polar surface area (TPSA) is 35.5 Å². The van der Waals surface area contributed by atoms with Gasteiger partial charge in [0.1, 0.15) is 0 Å². The molecule has 1 aliphatic heterocycles. The molecule has 3 heteroatoms. The molecule has 0 spiro atoms. The van der Waals surface area contributed by atoms with Crippen molar-refractivity contribution < 1.29 is 14.3 Å². The van der Waals surface area contributed by atoms with Crippen LogP contribution in [0.4, 0.5) is 0 Å². The summed E-state index contributed by atoms with van der Waals surface area (Å²) in [5.41, 5.74) is 0. The lowest BCUT2D eigenvalue weighted by Crippen LogP contribution is -2.27. The predicted molar refractivity (Wildman–Crippen MR) is 44.8 cm³/mol. The van der Waals surface area contributed by atoms with Crippen LogP contribution in [0.15, 0.2) is 0 Å². The fourth-order valence-corrected chi connectivity index (χ4v) is 1.52. The van der Waals surface area contributed by atoms with Gasteiger partial charge in [-0.15, -0.1) is 0 Å². The number of hydrogen-bond acceptors (Lipinski definition) is 3. The van der Waals surface area contributed by atoms with E-state index in [9.17, 15) is 4.79 Å². The third kappa shape index (κ3) is 2.81. The summed E-state index contributed by atoms with van der Waals surface area (Å²) in [6.45, 7) is 2.05. The van der Waals surface area contributed by atoms with Crippen LogP contribution in [0, 0.1) is 0 Å². The minimum atomic E-state index is -0.172. The van der Waals surface area contributed by atoms with Crippen LogP contribution in [0.25, 0.3) is 0 Å². The maximum atomic E-state index is 10.9. The summed E-state index contributed by atoms with van der Waals surface area (Å²) >= 11 is 0. The number of carbonyl (C=O) groups excluding carboxylic acids is 1. The molecule has 0 aromatic rings. The van der Waals surface area contributed by atoms with E-state index < -0.39 is 0 Å². The van der Waals surface area contributed by atoms with Crippen molar-refractivity contribution in [2.45, 2.75) is 44.8 Å². The molecule has 1 aliphatic rings. The highest BCUT2D eigenvalue weighted by molar-refractivity contribution is 5.69. The average Bonchev–Trinajstić information content (AvgIpc) is 2.04. The average molecular weight is 172 g/mol. The highest BCUT2D eigenvalue weighted by atomic mass is 16.5. The minimum Gasteiger partial charge on any atom is -0.469 e. The van der Waals surface area contributed by atoms with Gasteiger partial charge < -0.3 is 9.47 Å². The lowest BCUT2D eigenvalue weighted by Gasteiger charge is -2.26. The standard InChI is InChI=1S/C9H16O3/c1-7-4-3-5-8(12-7)6-9(10)11-2/h7-8H,3-6H2,1-2H3. The van der Waals surface area contributed by atoms with Crippen LogP contribution in [0.3, 0.4) is 0 Å². The Bertz CT molecular complexity index is 156. The quantitative estimate of drug-likeness (QED) is 0.592. The van der Waals surface area contributed by atoms with Crippen LogP contribution in [0.1, 0.15) is 32.6 Å². The molecule has 1 saturated heterocycles. The van der Waals surface area contributed by atoms with Gasteiger partial charge in [0, 0.05) is 0 Å². The maximum Gasteiger partial charge on any atom is 0.308 e. The van der Waals surface area contributed by atoms with Crippen molar-refractivity contribution in [2.24, 2.45) is 0 Å². The molecule has 0 aliphatic carbocycles. The molecule has 0 radical (unpaired) electrons. The molecular weight excluding hydrogens is 156 g/mol. The summed E-state index contributed by atoms with van der Waals surface area (Å²) in [6.07, 6.45) is 4.04. The van der Waals surface area contributed by atoms with E-state index in [0.717, 1.165) is 19.3 Å². The van der Waals surface area contributed by atoms with Gasteiger partial charge >= 0.3 is 5.97 Å². The Labute approximate surface area is 73.0 Å². The number of rotatable bonds is 2. The summed E-state index contributed by atoms with van der Waals surface area (Å²) in [4.78, 5) is 10.9. The first kappa shape index (κ1) is 9.52. The van der Waals surface area contributed by atoms with E-state index >= 15 is 0 Å². The van der Waals surface area contributed by atoms with Crippen LogP contribution in [0.2, 0.25) is 0 Å². The highest BCUT2D eigenvalue weighted by Gasteiger charge is 2.21. The van der Waals surface area contributed by atoms with Crippen LogP contribution >= 0.6 is 0 Å². The second-order valence-corrected chi connectivity index (χ2v) is 3.28. The fourth-order valence-electron chi connectivity index (χ4n) is 1.52. The van der Waals surface area contributed by atoms with Crippen molar-refractivity contribution in [3.05, 3.63) is 0 Å². The first-order chi connectivity index (χ1) is 5.72. The molecule has 2 unspecified atom stereocenters. The Balaban J connectivity index is 2.27. The number of carbonyl (C=O) groups is 1.